The fourth-order valence-electron chi connectivity index (χ4n) is 3.51. The lowest BCUT2D eigenvalue weighted by Gasteiger charge is -2.37. The summed E-state index contributed by atoms with van der Waals surface area (Å²) in [5, 5.41) is 11.7. The third-order valence-electron chi connectivity index (χ3n) is 4.96. The standard InChI is InChI=1S/C16H21ClO2/c1-15(2)5-3-6-16(15,18)10-12-9-13(17)8-11-4-7-19-14(11)12/h8-9,18H,3-7,10H2,1-2H3. The van der Waals surface area contributed by atoms with Crippen LogP contribution in [0.1, 0.15) is 44.2 Å². The number of fused-ring (bicyclic) bond motifs is 1. The van der Waals surface area contributed by atoms with Crippen molar-refractivity contribution in [3.63, 3.8) is 0 Å². The number of hydrogen-bond acceptors (Lipinski definition) is 2. The van der Waals surface area contributed by atoms with Crippen LogP contribution in [0.15, 0.2) is 12.1 Å². The average molecular weight is 281 g/mol. The van der Waals surface area contributed by atoms with Crippen LogP contribution in [0.3, 0.4) is 0 Å². The molecule has 2 nitrogen and oxygen atoms in total. The van der Waals surface area contributed by atoms with Crippen LogP contribution in [0, 0.1) is 5.41 Å². The second-order valence-corrected chi connectivity index (χ2v) is 7.03. The van der Waals surface area contributed by atoms with E-state index in [0.717, 1.165) is 48.6 Å². The molecule has 1 fully saturated rings. The zero-order chi connectivity index (χ0) is 13.7. The molecule has 1 N–H and O–H groups in total. The summed E-state index contributed by atoms with van der Waals surface area (Å²) in [7, 11) is 0. The van der Waals surface area contributed by atoms with Crippen molar-refractivity contribution >= 4 is 11.6 Å². The van der Waals surface area contributed by atoms with E-state index in [1.165, 1.54) is 5.56 Å². The smallest absolute Gasteiger partial charge is 0.126 e. The van der Waals surface area contributed by atoms with E-state index in [2.05, 4.69) is 13.8 Å². The van der Waals surface area contributed by atoms with Gasteiger partial charge in [-0.15, -0.1) is 0 Å². The lowest BCUT2D eigenvalue weighted by atomic mass is 9.74. The predicted molar refractivity (Wildman–Crippen MR) is 76.9 cm³/mol. The van der Waals surface area contributed by atoms with Gasteiger partial charge in [-0.05, 0) is 47.9 Å². The van der Waals surface area contributed by atoms with Gasteiger partial charge in [0.1, 0.15) is 5.75 Å². The van der Waals surface area contributed by atoms with Crippen molar-refractivity contribution < 1.29 is 9.84 Å². The molecule has 0 radical (unpaired) electrons. The number of halogens is 1. The molecule has 0 bridgehead atoms. The highest BCUT2D eigenvalue weighted by atomic mass is 35.5. The average Bonchev–Trinajstić information content (AvgIpc) is 2.84. The van der Waals surface area contributed by atoms with E-state index in [4.69, 9.17) is 16.3 Å². The lowest BCUT2D eigenvalue weighted by Crippen LogP contribution is -2.41. The second-order valence-electron chi connectivity index (χ2n) is 6.60. The van der Waals surface area contributed by atoms with Gasteiger partial charge in [0.15, 0.2) is 0 Å². The van der Waals surface area contributed by atoms with Gasteiger partial charge in [0, 0.05) is 17.9 Å². The molecule has 0 aromatic heterocycles. The molecule has 1 aromatic rings. The first-order valence-corrected chi connectivity index (χ1v) is 7.46. The van der Waals surface area contributed by atoms with Crippen molar-refractivity contribution in [1.29, 1.82) is 0 Å². The van der Waals surface area contributed by atoms with Crippen LogP contribution >= 0.6 is 11.6 Å². The van der Waals surface area contributed by atoms with Gasteiger partial charge in [-0.2, -0.15) is 0 Å². The number of ether oxygens (including phenoxy) is 1. The van der Waals surface area contributed by atoms with E-state index in [1.54, 1.807) is 0 Å². The zero-order valence-corrected chi connectivity index (χ0v) is 12.4. The van der Waals surface area contributed by atoms with Gasteiger partial charge in [0.2, 0.25) is 0 Å². The van der Waals surface area contributed by atoms with Crippen molar-refractivity contribution in [3.8, 4) is 5.75 Å². The topological polar surface area (TPSA) is 29.5 Å². The minimum absolute atomic E-state index is 0.0409. The number of aliphatic hydroxyl groups is 1. The monoisotopic (exact) mass is 280 g/mol. The first kappa shape index (κ1) is 13.3. The highest BCUT2D eigenvalue weighted by Gasteiger charge is 2.47. The van der Waals surface area contributed by atoms with Crippen molar-refractivity contribution in [2.24, 2.45) is 5.41 Å². The Morgan fingerprint density at radius 3 is 2.79 bits per heavy atom. The first-order chi connectivity index (χ1) is 8.91. The summed E-state index contributed by atoms with van der Waals surface area (Å²) in [5.41, 5.74) is 1.57. The summed E-state index contributed by atoms with van der Waals surface area (Å²) in [6.45, 7) is 5.04. The van der Waals surface area contributed by atoms with Crippen LogP contribution in [0.5, 0.6) is 5.75 Å². The van der Waals surface area contributed by atoms with Gasteiger partial charge in [0.25, 0.3) is 0 Å². The van der Waals surface area contributed by atoms with Gasteiger partial charge >= 0.3 is 0 Å². The van der Waals surface area contributed by atoms with Gasteiger partial charge in [-0.25, -0.2) is 0 Å². The minimum atomic E-state index is -0.641. The molecule has 0 spiro atoms. The molecule has 1 aromatic carbocycles. The summed E-state index contributed by atoms with van der Waals surface area (Å²) in [5.74, 6) is 0.959. The summed E-state index contributed by atoms with van der Waals surface area (Å²) in [4.78, 5) is 0. The Hall–Kier alpha value is -0.730. The van der Waals surface area contributed by atoms with Gasteiger partial charge in [-0.3, -0.25) is 0 Å². The van der Waals surface area contributed by atoms with Crippen molar-refractivity contribution in [2.75, 3.05) is 6.61 Å². The molecule has 104 valence electrons. The van der Waals surface area contributed by atoms with Gasteiger partial charge < -0.3 is 9.84 Å². The molecule has 1 saturated carbocycles. The Labute approximate surface area is 119 Å². The Balaban J connectivity index is 1.96. The van der Waals surface area contributed by atoms with Crippen molar-refractivity contribution in [2.45, 2.75) is 51.6 Å². The largest absolute Gasteiger partial charge is 0.493 e. The van der Waals surface area contributed by atoms with E-state index in [-0.39, 0.29) is 5.41 Å². The van der Waals surface area contributed by atoms with Crippen LogP contribution in [0.2, 0.25) is 5.02 Å². The Kier molecular flexibility index (Phi) is 3.06. The maximum absolute atomic E-state index is 11.0. The highest BCUT2D eigenvalue weighted by Crippen LogP contribution is 2.49. The van der Waals surface area contributed by atoms with E-state index >= 15 is 0 Å². The fraction of sp³-hybridized carbons (Fsp3) is 0.625. The summed E-state index contributed by atoms with van der Waals surface area (Å²) >= 11 is 6.19. The van der Waals surface area contributed by atoms with Crippen LogP contribution < -0.4 is 4.74 Å². The van der Waals surface area contributed by atoms with E-state index in [0.29, 0.717) is 6.42 Å². The first-order valence-electron chi connectivity index (χ1n) is 7.08. The predicted octanol–water partition coefficient (Wildman–Crippen LogP) is 3.76. The molecule has 3 rings (SSSR count). The molecular formula is C16H21ClO2. The quantitative estimate of drug-likeness (QED) is 0.894. The van der Waals surface area contributed by atoms with Crippen LogP contribution in [0.4, 0.5) is 0 Å². The molecule has 1 heterocycles. The minimum Gasteiger partial charge on any atom is -0.493 e. The number of benzene rings is 1. The Morgan fingerprint density at radius 1 is 1.32 bits per heavy atom. The molecule has 0 amide bonds. The molecule has 1 unspecified atom stereocenters. The third kappa shape index (κ3) is 2.15. The third-order valence-corrected chi connectivity index (χ3v) is 5.18. The molecule has 2 aliphatic rings. The van der Waals surface area contributed by atoms with Crippen molar-refractivity contribution in [1.82, 2.24) is 0 Å². The molecule has 3 heteroatoms. The zero-order valence-electron chi connectivity index (χ0n) is 11.6. The van der Waals surface area contributed by atoms with Crippen molar-refractivity contribution in [3.05, 3.63) is 28.3 Å². The summed E-state index contributed by atoms with van der Waals surface area (Å²) in [6.07, 6.45) is 4.59. The second kappa shape index (κ2) is 4.39. The summed E-state index contributed by atoms with van der Waals surface area (Å²) < 4.78 is 5.74. The number of hydrogen-bond donors (Lipinski definition) is 1. The van der Waals surface area contributed by atoms with Crippen LogP contribution in [0.25, 0.3) is 0 Å². The summed E-state index contributed by atoms with van der Waals surface area (Å²) in [6, 6.07) is 3.94. The van der Waals surface area contributed by atoms with E-state index < -0.39 is 5.60 Å². The lowest BCUT2D eigenvalue weighted by molar-refractivity contribution is -0.0422. The molecule has 1 aliphatic heterocycles. The van der Waals surface area contributed by atoms with Gasteiger partial charge in [-0.1, -0.05) is 25.4 Å². The maximum Gasteiger partial charge on any atom is 0.126 e. The van der Waals surface area contributed by atoms with Crippen LogP contribution in [-0.4, -0.2) is 17.3 Å². The molecule has 1 atom stereocenters. The number of rotatable bonds is 2. The van der Waals surface area contributed by atoms with E-state index in [9.17, 15) is 5.11 Å². The SMILES string of the molecule is CC1(C)CCCC1(O)Cc1cc(Cl)cc2c1OCC2. The van der Waals surface area contributed by atoms with E-state index in [1.807, 2.05) is 12.1 Å². The molecule has 1 aliphatic carbocycles. The fourth-order valence-corrected chi connectivity index (χ4v) is 3.78. The Morgan fingerprint density at radius 2 is 2.11 bits per heavy atom. The maximum atomic E-state index is 11.0. The highest BCUT2D eigenvalue weighted by molar-refractivity contribution is 6.30. The molecule has 0 saturated heterocycles. The molecule has 19 heavy (non-hydrogen) atoms. The van der Waals surface area contributed by atoms with Gasteiger partial charge in [0.05, 0.1) is 12.2 Å². The van der Waals surface area contributed by atoms with Crippen LogP contribution in [-0.2, 0) is 12.8 Å². The Bertz CT molecular complexity index is 510. The molecular weight excluding hydrogens is 260 g/mol. The normalized spacial score (nSPS) is 28.2.